The van der Waals surface area contributed by atoms with Gasteiger partial charge in [0, 0.05) is 12.5 Å². The van der Waals surface area contributed by atoms with E-state index in [2.05, 4.69) is 15.5 Å². The minimum Gasteiger partial charge on any atom is -0.454 e. The van der Waals surface area contributed by atoms with Gasteiger partial charge in [0.1, 0.15) is 6.04 Å². The van der Waals surface area contributed by atoms with Crippen molar-refractivity contribution in [3.8, 4) is 11.4 Å². The molecule has 0 bridgehead atoms. The van der Waals surface area contributed by atoms with E-state index in [-0.39, 0.29) is 24.3 Å². The van der Waals surface area contributed by atoms with Crippen LogP contribution in [-0.4, -0.2) is 28.1 Å². The Morgan fingerprint density at radius 2 is 1.92 bits per heavy atom. The second-order valence-corrected chi connectivity index (χ2v) is 5.91. The largest absolute Gasteiger partial charge is 0.454 e. The van der Waals surface area contributed by atoms with E-state index in [1.807, 2.05) is 45.0 Å². The lowest BCUT2D eigenvalue weighted by Crippen LogP contribution is -2.44. The van der Waals surface area contributed by atoms with Gasteiger partial charge in [0.2, 0.25) is 11.7 Å². The lowest BCUT2D eigenvalue weighted by Gasteiger charge is -2.19. The fraction of sp³-hybridized carbons (Fsp3) is 0.412. The third-order valence-corrected chi connectivity index (χ3v) is 3.40. The Bertz CT molecular complexity index is 707. The van der Waals surface area contributed by atoms with E-state index >= 15 is 0 Å². The van der Waals surface area contributed by atoms with Crippen molar-refractivity contribution in [2.75, 3.05) is 0 Å². The highest BCUT2D eigenvalue weighted by atomic mass is 16.6. The molecule has 1 atom stereocenters. The number of hydrogen-bond donors (Lipinski definition) is 1. The molecular weight excluding hydrogens is 310 g/mol. The molecule has 7 nitrogen and oxygen atoms in total. The molecule has 1 aromatic heterocycles. The van der Waals surface area contributed by atoms with Gasteiger partial charge in [0.25, 0.3) is 5.89 Å². The van der Waals surface area contributed by atoms with E-state index in [1.54, 1.807) is 0 Å². The van der Waals surface area contributed by atoms with Gasteiger partial charge in [-0.15, -0.1) is 0 Å². The molecular formula is C17H21N3O4. The van der Waals surface area contributed by atoms with Gasteiger partial charge < -0.3 is 14.6 Å². The summed E-state index contributed by atoms with van der Waals surface area (Å²) in [6, 6.07) is 6.98. The normalized spacial score (nSPS) is 12.0. The molecule has 0 radical (unpaired) electrons. The average molecular weight is 331 g/mol. The Kier molecular flexibility index (Phi) is 5.68. The number of ether oxygens (including phenoxy) is 1. The minimum absolute atomic E-state index is 0.0906. The lowest BCUT2D eigenvalue weighted by atomic mass is 10.0. The maximum absolute atomic E-state index is 12.1. The van der Waals surface area contributed by atoms with Crippen molar-refractivity contribution < 1.29 is 18.8 Å². The first kappa shape index (κ1) is 17.7. The van der Waals surface area contributed by atoms with Crippen LogP contribution in [0.3, 0.4) is 0 Å². The van der Waals surface area contributed by atoms with Crippen LogP contribution in [0.15, 0.2) is 28.8 Å². The summed E-state index contributed by atoms with van der Waals surface area (Å²) in [5.41, 5.74) is 1.95. The molecule has 0 spiro atoms. The summed E-state index contributed by atoms with van der Waals surface area (Å²) >= 11 is 0. The molecule has 0 unspecified atom stereocenters. The molecule has 1 aromatic carbocycles. The smallest absolute Gasteiger partial charge is 0.329 e. The zero-order chi connectivity index (χ0) is 17.7. The highest BCUT2D eigenvalue weighted by Crippen LogP contribution is 2.16. The number of carbonyl (C=O) groups excluding carboxylic acids is 2. The van der Waals surface area contributed by atoms with Crippen LogP contribution >= 0.6 is 0 Å². The molecule has 1 N–H and O–H groups in total. The van der Waals surface area contributed by atoms with Crippen LogP contribution in [0.25, 0.3) is 11.4 Å². The van der Waals surface area contributed by atoms with Gasteiger partial charge >= 0.3 is 5.97 Å². The van der Waals surface area contributed by atoms with E-state index in [4.69, 9.17) is 9.26 Å². The molecule has 1 heterocycles. The molecule has 2 rings (SSSR count). The van der Waals surface area contributed by atoms with Gasteiger partial charge in [-0.1, -0.05) is 48.8 Å². The molecule has 0 aliphatic rings. The number of amides is 1. The highest BCUT2D eigenvalue weighted by Gasteiger charge is 2.25. The first-order valence-corrected chi connectivity index (χ1v) is 7.70. The Labute approximate surface area is 140 Å². The lowest BCUT2D eigenvalue weighted by molar-refractivity contribution is -0.151. The number of benzene rings is 1. The summed E-state index contributed by atoms with van der Waals surface area (Å²) < 4.78 is 10.3. The average Bonchev–Trinajstić information content (AvgIpc) is 2.99. The molecule has 0 aliphatic carbocycles. The van der Waals surface area contributed by atoms with Crippen molar-refractivity contribution in [3.05, 3.63) is 35.7 Å². The van der Waals surface area contributed by atoms with Crippen LogP contribution in [0.4, 0.5) is 0 Å². The van der Waals surface area contributed by atoms with Crippen molar-refractivity contribution in [1.82, 2.24) is 15.5 Å². The van der Waals surface area contributed by atoms with Crippen LogP contribution in [0, 0.1) is 12.8 Å². The zero-order valence-electron chi connectivity index (χ0n) is 14.2. The number of aromatic nitrogens is 2. The molecule has 1 amide bonds. The molecule has 0 fully saturated rings. The molecule has 0 aliphatic heterocycles. The number of esters is 1. The van der Waals surface area contributed by atoms with Gasteiger partial charge in [-0.05, 0) is 12.8 Å². The maximum Gasteiger partial charge on any atom is 0.329 e. The quantitative estimate of drug-likeness (QED) is 0.816. The van der Waals surface area contributed by atoms with Crippen LogP contribution < -0.4 is 5.32 Å². The van der Waals surface area contributed by atoms with Gasteiger partial charge in [0.15, 0.2) is 6.61 Å². The molecule has 0 saturated carbocycles. The van der Waals surface area contributed by atoms with E-state index in [0.29, 0.717) is 5.82 Å². The topological polar surface area (TPSA) is 94.3 Å². The SMILES string of the molecule is CC(=O)N[C@H](C(=O)OCc1nc(-c2ccc(C)cc2)no1)C(C)C. The molecule has 24 heavy (non-hydrogen) atoms. The second kappa shape index (κ2) is 7.72. The van der Waals surface area contributed by atoms with Crippen molar-refractivity contribution >= 4 is 11.9 Å². The molecule has 2 aromatic rings. The Hall–Kier alpha value is -2.70. The van der Waals surface area contributed by atoms with E-state index in [0.717, 1.165) is 11.1 Å². The minimum atomic E-state index is -0.706. The van der Waals surface area contributed by atoms with Crippen molar-refractivity contribution in [2.24, 2.45) is 5.92 Å². The van der Waals surface area contributed by atoms with Crippen LogP contribution in [0.1, 0.15) is 32.2 Å². The number of hydrogen-bond acceptors (Lipinski definition) is 6. The summed E-state index contributed by atoms with van der Waals surface area (Å²) in [5.74, 6) is -0.278. The third-order valence-electron chi connectivity index (χ3n) is 3.40. The first-order chi connectivity index (χ1) is 11.4. The van der Waals surface area contributed by atoms with Crippen molar-refractivity contribution in [2.45, 2.75) is 40.3 Å². The highest BCUT2D eigenvalue weighted by molar-refractivity contribution is 5.83. The second-order valence-electron chi connectivity index (χ2n) is 5.91. The van der Waals surface area contributed by atoms with E-state index < -0.39 is 12.0 Å². The van der Waals surface area contributed by atoms with Gasteiger partial charge in [-0.3, -0.25) is 4.79 Å². The fourth-order valence-corrected chi connectivity index (χ4v) is 2.07. The summed E-state index contributed by atoms with van der Waals surface area (Å²) in [5, 5.41) is 6.45. The summed E-state index contributed by atoms with van der Waals surface area (Å²) in [4.78, 5) is 27.4. The van der Waals surface area contributed by atoms with Gasteiger partial charge in [-0.25, -0.2) is 4.79 Å². The summed E-state index contributed by atoms with van der Waals surface area (Å²) in [7, 11) is 0. The first-order valence-electron chi connectivity index (χ1n) is 7.70. The zero-order valence-corrected chi connectivity index (χ0v) is 14.2. The molecule has 7 heteroatoms. The third kappa shape index (κ3) is 4.65. The number of nitrogens with zero attached hydrogens (tertiary/aromatic N) is 2. The summed E-state index contributed by atoms with van der Waals surface area (Å²) in [6.45, 7) is 6.86. The number of nitrogens with one attached hydrogen (secondary N) is 1. The Balaban J connectivity index is 1.98. The van der Waals surface area contributed by atoms with E-state index in [9.17, 15) is 9.59 Å². The Morgan fingerprint density at radius 1 is 1.25 bits per heavy atom. The Morgan fingerprint density at radius 3 is 2.50 bits per heavy atom. The number of aryl methyl sites for hydroxylation is 1. The molecule has 0 saturated heterocycles. The van der Waals surface area contributed by atoms with E-state index in [1.165, 1.54) is 6.92 Å². The van der Waals surface area contributed by atoms with Gasteiger partial charge in [-0.2, -0.15) is 4.98 Å². The van der Waals surface area contributed by atoms with Crippen molar-refractivity contribution in [1.29, 1.82) is 0 Å². The van der Waals surface area contributed by atoms with Crippen LogP contribution in [0.2, 0.25) is 0 Å². The molecule has 128 valence electrons. The maximum atomic E-state index is 12.1. The number of carbonyl (C=O) groups is 2. The van der Waals surface area contributed by atoms with Crippen molar-refractivity contribution in [3.63, 3.8) is 0 Å². The predicted molar refractivity (Wildman–Crippen MR) is 86.7 cm³/mol. The standard InChI is InChI=1S/C17H21N3O4/c1-10(2)15(18-12(4)21)17(22)23-9-14-19-16(20-24-14)13-7-5-11(3)6-8-13/h5-8,10,15H,9H2,1-4H3,(H,18,21)/t15-/m0/s1. The predicted octanol–water partition coefficient (Wildman–Crippen LogP) is 2.25. The van der Waals surface area contributed by atoms with Crippen LogP contribution in [0.5, 0.6) is 0 Å². The summed E-state index contributed by atoms with van der Waals surface area (Å²) in [6.07, 6.45) is 0. The monoisotopic (exact) mass is 331 g/mol. The fourth-order valence-electron chi connectivity index (χ4n) is 2.07. The van der Waals surface area contributed by atoms with Crippen LogP contribution in [-0.2, 0) is 20.9 Å². The number of rotatable bonds is 6. The van der Waals surface area contributed by atoms with Gasteiger partial charge in [0.05, 0.1) is 0 Å².